The minimum absolute atomic E-state index is 0.218. The van der Waals surface area contributed by atoms with Crippen LogP contribution in [0.4, 0.5) is 0 Å². The first-order chi connectivity index (χ1) is 15.5. The van der Waals surface area contributed by atoms with Crippen molar-refractivity contribution in [2.75, 3.05) is 6.61 Å². The van der Waals surface area contributed by atoms with Gasteiger partial charge in [0.25, 0.3) is 0 Å². The Bertz CT molecular complexity index is 1190. The summed E-state index contributed by atoms with van der Waals surface area (Å²) in [5, 5.41) is 0. The van der Waals surface area contributed by atoms with Crippen molar-refractivity contribution in [2.24, 2.45) is 4.99 Å². The predicted octanol–water partition coefficient (Wildman–Crippen LogP) is 6.53. The number of hydrogen-bond acceptors (Lipinski definition) is 5. The van der Waals surface area contributed by atoms with Gasteiger partial charge < -0.3 is 14.2 Å². The van der Waals surface area contributed by atoms with E-state index in [2.05, 4.69) is 36.9 Å². The molecule has 0 unspecified atom stereocenters. The minimum atomic E-state index is -0.499. The molecular formula is C25H19Br2NO4. The van der Waals surface area contributed by atoms with Gasteiger partial charge in [0.1, 0.15) is 6.61 Å². The van der Waals surface area contributed by atoms with Gasteiger partial charge in [-0.25, -0.2) is 9.79 Å². The van der Waals surface area contributed by atoms with Crippen LogP contribution in [0.2, 0.25) is 0 Å². The molecule has 0 aliphatic carbocycles. The summed E-state index contributed by atoms with van der Waals surface area (Å²) in [4.78, 5) is 16.7. The number of benzene rings is 3. The number of esters is 1. The van der Waals surface area contributed by atoms with Crippen LogP contribution in [0.1, 0.15) is 23.6 Å². The minimum Gasteiger partial charge on any atom is -0.490 e. The van der Waals surface area contributed by atoms with Crippen molar-refractivity contribution in [3.05, 3.63) is 98.1 Å². The summed E-state index contributed by atoms with van der Waals surface area (Å²) in [5.74, 6) is 0.959. The standard InChI is InChI=1S/C25H19Br2NO4/c1-2-30-22-14-17(12-20(27)23(22)31-15-16-6-4-3-5-7-16)13-21-25(29)32-24(28-21)18-8-10-19(26)11-9-18/h3-14H,2,15H2,1H3/b21-13-. The molecule has 5 nitrogen and oxygen atoms in total. The molecule has 0 bridgehead atoms. The molecule has 0 saturated carbocycles. The van der Waals surface area contributed by atoms with E-state index in [9.17, 15) is 4.79 Å². The van der Waals surface area contributed by atoms with Crippen LogP contribution < -0.4 is 9.47 Å². The van der Waals surface area contributed by atoms with E-state index < -0.39 is 5.97 Å². The fourth-order valence-corrected chi connectivity index (χ4v) is 3.93. The van der Waals surface area contributed by atoms with Gasteiger partial charge in [-0.05, 0) is 76.5 Å². The number of carbonyl (C=O) groups excluding carboxylic acids is 1. The van der Waals surface area contributed by atoms with Crippen LogP contribution in [-0.2, 0) is 16.1 Å². The topological polar surface area (TPSA) is 57.1 Å². The third-order valence-corrected chi connectivity index (χ3v) is 5.69. The van der Waals surface area contributed by atoms with Crippen LogP contribution >= 0.6 is 31.9 Å². The molecule has 0 N–H and O–H groups in total. The molecule has 0 spiro atoms. The molecule has 32 heavy (non-hydrogen) atoms. The van der Waals surface area contributed by atoms with E-state index in [0.717, 1.165) is 25.6 Å². The molecule has 3 aromatic carbocycles. The highest BCUT2D eigenvalue weighted by Crippen LogP contribution is 2.38. The number of carbonyl (C=O) groups is 1. The molecule has 3 aromatic rings. The molecule has 0 fully saturated rings. The summed E-state index contributed by atoms with van der Waals surface area (Å²) in [5.41, 5.74) is 2.73. The number of cyclic esters (lactones) is 1. The number of ether oxygens (including phenoxy) is 3. The molecule has 162 valence electrons. The zero-order valence-electron chi connectivity index (χ0n) is 17.2. The molecule has 1 aliphatic rings. The first kappa shape index (κ1) is 22.3. The van der Waals surface area contributed by atoms with Crippen molar-refractivity contribution in [2.45, 2.75) is 13.5 Å². The van der Waals surface area contributed by atoms with Gasteiger partial charge in [0.2, 0.25) is 5.90 Å². The molecule has 0 aromatic heterocycles. The van der Waals surface area contributed by atoms with Gasteiger partial charge in [-0.1, -0.05) is 46.3 Å². The molecule has 1 heterocycles. The highest BCUT2D eigenvalue weighted by Gasteiger charge is 2.24. The van der Waals surface area contributed by atoms with Gasteiger partial charge in [0, 0.05) is 10.0 Å². The zero-order valence-corrected chi connectivity index (χ0v) is 20.4. The highest BCUT2D eigenvalue weighted by atomic mass is 79.9. The van der Waals surface area contributed by atoms with E-state index >= 15 is 0 Å². The van der Waals surface area contributed by atoms with Gasteiger partial charge in [0.05, 0.1) is 11.1 Å². The Labute approximate surface area is 203 Å². The van der Waals surface area contributed by atoms with Crippen molar-refractivity contribution < 1.29 is 19.0 Å². The Kier molecular flexibility index (Phi) is 7.07. The number of hydrogen-bond donors (Lipinski definition) is 0. The fourth-order valence-electron chi connectivity index (χ4n) is 3.09. The first-order valence-corrected chi connectivity index (χ1v) is 11.5. The Hall–Kier alpha value is -2.90. The van der Waals surface area contributed by atoms with E-state index in [4.69, 9.17) is 14.2 Å². The van der Waals surface area contributed by atoms with E-state index in [1.807, 2.05) is 73.7 Å². The maximum absolute atomic E-state index is 12.4. The van der Waals surface area contributed by atoms with Crippen LogP contribution in [0, 0.1) is 0 Å². The van der Waals surface area contributed by atoms with Crippen molar-refractivity contribution in [3.8, 4) is 11.5 Å². The lowest BCUT2D eigenvalue weighted by molar-refractivity contribution is -0.129. The molecule has 0 radical (unpaired) electrons. The molecule has 4 rings (SSSR count). The summed E-state index contributed by atoms with van der Waals surface area (Å²) in [6.07, 6.45) is 1.67. The van der Waals surface area contributed by atoms with Crippen LogP contribution in [-0.4, -0.2) is 18.5 Å². The number of halogens is 2. The number of aliphatic imine (C=N–C) groups is 1. The third kappa shape index (κ3) is 5.29. The molecular weight excluding hydrogens is 538 g/mol. The Balaban J connectivity index is 1.61. The SMILES string of the molecule is CCOc1cc(/C=C2\N=C(c3ccc(Br)cc3)OC2=O)cc(Br)c1OCc1ccccc1. The predicted molar refractivity (Wildman–Crippen MR) is 131 cm³/mol. The molecule has 7 heteroatoms. The van der Waals surface area contributed by atoms with E-state index in [-0.39, 0.29) is 11.6 Å². The number of nitrogens with zero attached hydrogens (tertiary/aromatic N) is 1. The van der Waals surface area contributed by atoms with Crippen LogP contribution in [0.3, 0.4) is 0 Å². The lowest BCUT2D eigenvalue weighted by atomic mass is 10.1. The maximum atomic E-state index is 12.4. The second-order valence-corrected chi connectivity index (χ2v) is 8.65. The quantitative estimate of drug-likeness (QED) is 0.245. The van der Waals surface area contributed by atoms with Crippen molar-refractivity contribution in [1.82, 2.24) is 0 Å². The second kappa shape index (κ2) is 10.1. The average Bonchev–Trinajstić information content (AvgIpc) is 3.14. The number of rotatable bonds is 7. The van der Waals surface area contributed by atoms with Crippen molar-refractivity contribution in [3.63, 3.8) is 0 Å². The van der Waals surface area contributed by atoms with E-state index in [0.29, 0.717) is 24.7 Å². The van der Waals surface area contributed by atoms with Crippen molar-refractivity contribution >= 4 is 49.8 Å². The molecule has 0 saturated heterocycles. The van der Waals surface area contributed by atoms with Crippen LogP contribution in [0.5, 0.6) is 11.5 Å². The lowest BCUT2D eigenvalue weighted by Gasteiger charge is -2.15. The highest BCUT2D eigenvalue weighted by molar-refractivity contribution is 9.10. The lowest BCUT2D eigenvalue weighted by Crippen LogP contribution is -2.05. The largest absolute Gasteiger partial charge is 0.490 e. The zero-order chi connectivity index (χ0) is 22.5. The summed E-state index contributed by atoms with van der Waals surface area (Å²) in [6.45, 7) is 2.79. The Morgan fingerprint density at radius 3 is 2.47 bits per heavy atom. The van der Waals surface area contributed by atoms with Crippen LogP contribution in [0.15, 0.2) is 86.4 Å². The summed E-state index contributed by atoms with van der Waals surface area (Å²) in [7, 11) is 0. The van der Waals surface area contributed by atoms with E-state index in [1.165, 1.54) is 0 Å². The summed E-state index contributed by atoms with van der Waals surface area (Å²) < 4.78 is 18.8. The average molecular weight is 557 g/mol. The van der Waals surface area contributed by atoms with Gasteiger partial charge in [-0.3, -0.25) is 0 Å². The molecule has 0 atom stereocenters. The van der Waals surface area contributed by atoms with Crippen LogP contribution in [0.25, 0.3) is 6.08 Å². The normalized spacial score (nSPS) is 14.3. The Morgan fingerprint density at radius 1 is 1.00 bits per heavy atom. The van der Waals surface area contributed by atoms with Gasteiger partial charge in [0.15, 0.2) is 17.2 Å². The second-order valence-electron chi connectivity index (χ2n) is 6.88. The first-order valence-electron chi connectivity index (χ1n) is 9.95. The fraction of sp³-hybridized carbons (Fsp3) is 0.120. The monoisotopic (exact) mass is 555 g/mol. The summed E-state index contributed by atoms with van der Waals surface area (Å²) >= 11 is 6.96. The van der Waals surface area contributed by atoms with Gasteiger partial charge in [-0.2, -0.15) is 0 Å². The molecule has 1 aliphatic heterocycles. The maximum Gasteiger partial charge on any atom is 0.363 e. The smallest absolute Gasteiger partial charge is 0.363 e. The van der Waals surface area contributed by atoms with E-state index in [1.54, 1.807) is 6.08 Å². The van der Waals surface area contributed by atoms with Gasteiger partial charge in [-0.15, -0.1) is 0 Å². The molecule has 0 amide bonds. The third-order valence-electron chi connectivity index (χ3n) is 4.57. The van der Waals surface area contributed by atoms with Gasteiger partial charge >= 0.3 is 5.97 Å². The van der Waals surface area contributed by atoms with Crippen molar-refractivity contribution in [1.29, 1.82) is 0 Å². The Morgan fingerprint density at radius 2 is 1.75 bits per heavy atom. The summed E-state index contributed by atoms with van der Waals surface area (Å²) in [6, 6.07) is 21.0.